The van der Waals surface area contributed by atoms with Crippen LogP contribution in [0.15, 0.2) is 72.8 Å². The molecule has 1 amide bonds. The van der Waals surface area contributed by atoms with Crippen LogP contribution in [0.1, 0.15) is 37.0 Å². The summed E-state index contributed by atoms with van der Waals surface area (Å²) in [4.78, 5) is 24.1. The Morgan fingerprint density at radius 1 is 1.00 bits per heavy atom. The molecule has 36 heavy (non-hydrogen) atoms. The molecule has 3 aromatic carbocycles. The molecule has 2 N–H and O–H groups in total. The first kappa shape index (κ1) is 24.0. The third-order valence-electron chi connectivity index (χ3n) is 6.42. The highest BCUT2D eigenvalue weighted by Crippen LogP contribution is 2.48. The number of carboxylic acid groups (broad SMARTS) is 1. The van der Waals surface area contributed by atoms with E-state index in [1.807, 2.05) is 66.7 Å². The van der Waals surface area contributed by atoms with E-state index in [4.69, 9.17) is 16.3 Å². The molecule has 0 spiro atoms. The number of aromatic nitrogens is 2. The van der Waals surface area contributed by atoms with E-state index in [1.54, 1.807) is 13.0 Å². The molecule has 0 unspecified atom stereocenters. The van der Waals surface area contributed by atoms with Crippen LogP contribution in [0.4, 0.5) is 9.80 Å². The van der Waals surface area contributed by atoms with E-state index in [-0.39, 0.29) is 0 Å². The van der Waals surface area contributed by atoms with Crippen LogP contribution in [0.3, 0.4) is 0 Å². The van der Waals surface area contributed by atoms with Gasteiger partial charge in [-0.2, -0.15) is 0 Å². The molecule has 182 valence electrons. The predicted octanol–water partition coefficient (Wildman–Crippen LogP) is 6.95. The number of carboxylic acids is 1. The van der Waals surface area contributed by atoms with Crippen molar-refractivity contribution >= 4 is 40.2 Å². The highest BCUT2D eigenvalue weighted by Gasteiger charge is 2.51. The number of benzene rings is 3. The minimum atomic E-state index is -0.761. The lowest BCUT2D eigenvalue weighted by Crippen LogP contribution is -2.19. The Labute approximate surface area is 216 Å². The Morgan fingerprint density at radius 3 is 2.22 bits per heavy atom. The number of rotatable bonds is 7. The van der Waals surface area contributed by atoms with E-state index in [2.05, 4.69) is 14.9 Å². The lowest BCUT2D eigenvalue weighted by Gasteiger charge is -2.15. The van der Waals surface area contributed by atoms with Crippen LogP contribution in [0.25, 0.3) is 22.4 Å². The maximum atomic E-state index is 12.5. The number of ether oxygens (including phenoxy) is 1. The predicted molar refractivity (Wildman–Crippen MR) is 139 cm³/mol. The molecule has 9 heteroatoms. The van der Waals surface area contributed by atoms with Crippen molar-refractivity contribution in [3.63, 3.8) is 0 Å². The zero-order chi connectivity index (χ0) is 25.3. The molecular formula is C27H22ClN3O4S. The summed E-state index contributed by atoms with van der Waals surface area (Å²) in [6.45, 7) is 1.75. The number of nitrogens with zero attached hydrogens (tertiary/aromatic N) is 2. The number of hydrogen-bond acceptors (Lipinski definition) is 6. The van der Waals surface area contributed by atoms with Crippen LogP contribution in [-0.2, 0) is 14.9 Å². The van der Waals surface area contributed by atoms with E-state index in [9.17, 15) is 14.7 Å². The Hall–Kier alpha value is -3.75. The number of amides is 1. The van der Waals surface area contributed by atoms with Crippen LogP contribution in [0.5, 0.6) is 0 Å². The van der Waals surface area contributed by atoms with E-state index in [1.165, 1.54) is 0 Å². The van der Waals surface area contributed by atoms with Gasteiger partial charge in [-0.25, -0.2) is 4.79 Å². The fourth-order valence-electron chi connectivity index (χ4n) is 4.17. The first-order valence-electron chi connectivity index (χ1n) is 11.4. The highest BCUT2D eigenvalue weighted by atomic mass is 35.5. The van der Waals surface area contributed by atoms with Gasteiger partial charge in [-0.15, -0.1) is 5.10 Å². The Kier molecular flexibility index (Phi) is 6.47. The molecule has 7 nitrogen and oxygen atoms in total. The fraction of sp³-hybridized carbons (Fsp3) is 0.185. The van der Waals surface area contributed by atoms with Crippen molar-refractivity contribution in [1.82, 2.24) is 9.59 Å². The van der Waals surface area contributed by atoms with Gasteiger partial charge in [0, 0.05) is 27.7 Å². The largest absolute Gasteiger partial charge is 0.481 e. The van der Waals surface area contributed by atoms with Gasteiger partial charge in [-0.05, 0) is 42.5 Å². The molecule has 1 aliphatic rings. The van der Waals surface area contributed by atoms with Gasteiger partial charge in [-0.3, -0.25) is 10.1 Å². The second-order valence-electron chi connectivity index (χ2n) is 8.69. The average Bonchev–Trinajstić information content (AvgIpc) is 3.58. The standard InChI is InChI=1S/C27H22ClN3O4S/c1-16(21-4-2-3-5-22(21)28)35-26(34)29-24-23(30-31-36-24)19-8-6-17(7-9-19)18-10-12-20(13-11-18)27(14-15-27)25(32)33/h2-13,16H,14-15H2,1H3,(H,29,34)(H,32,33)/t16-/m1/s1. The summed E-state index contributed by atoms with van der Waals surface area (Å²) in [5.74, 6) is -0.761. The molecule has 1 atom stereocenters. The van der Waals surface area contributed by atoms with Gasteiger partial charge in [0.2, 0.25) is 0 Å². The summed E-state index contributed by atoms with van der Waals surface area (Å²) < 4.78 is 9.48. The molecule has 0 saturated heterocycles. The van der Waals surface area contributed by atoms with Gasteiger partial charge in [0.1, 0.15) is 16.8 Å². The lowest BCUT2D eigenvalue weighted by atomic mass is 9.93. The highest BCUT2D eigenvalue weighted by molar-refractivity contribution is 7.10. The van der Waals surface area contributed by atoms with Crippen LogP contribution in [0.2, 0.25) is 5.02 Å². The molecule has 1 aliphatic carbocycles. The minimum absolute atomic E-state index is 0.479. The molecule has 0 radical (unpaired) electrons. The molecule has 1 heterocycles. The first-order chi connectivity index (χ1) is 17.4. The van der Waals surface area contributed by atoms with Crippen molar-refractivity contribution < 1.29 is 19.4 Å². The van der Waals surface area contributed by atoms with Gasteiger partial charge in [0.15, 0.2) is 0 Å². The summed E-state index contributed by atoms with van der Waals surface area (Å²) in [5.41, 5.74) is 4.15. The maximum absolute atomic E-state index is 12.5. The van der Waals surface area contributed by atoms with Crippen molar-refractivity contribution in [2.75, 3.05) is 5.32 Å². The molecule has 4 aromatic rings. The van der Waals surface area contributed by atoms with Gasteiger partial charge in [0.05, 0.1) is 5.41 Å². The van der Waals surface area contributed by atoms with Crippen LogP contribution in [-0.4, -0.2) is 26.8 Å². The second-order valence-corrected chi connectivity index (χ2v) is 9.85. The number of hydrogen-bond donors (Lipinski definition) is 2. The van der Waals surface area contributed by atoms with Crippen molar-refractivity contribution in [3.05, 3.63) is 88.9 Å². The topological polar surface area (TPSA) is 101 Å². The summed E-state index contributed by atoms with van der Waals surface area (Å²) in [7, 11) is 0. The molecule has 1 aromatic heterocycles. The first-order valence-corrected chi connectivity index (χ1v) is 12.5. The van der Waals surface area contributed by atoms with Crippen LogP contribution < -0.4 is 5.32 Å². The van der Waals surface area contributed by atoms with Crippen LogP contribution >= 0.6 is 23.1 Å². The van der Waals surface area contributed by atoms with E-state index >= 15 is 0 Å². The van der Waals surface area contributed by atoms with E-state index in [0.29, 0.717) is 28.6 Å². The number of anilines is 1. The summed E-state index contributed by atoms with van der Waals surface area (Å²) in [6, 6.07) is 22.6. The summed E-state index contributed by atoms with van der Waals surface area (Å²) >= 11 is 7.26. The number of halogens is 1. The van der Waals surface area contributed by atoms with Gasteiger partial charge >= 0.3 is 12.1 Å². The average molecular weight is 520 g/mol. The molecular weight excluding hydrogens is 498 g/mol. The summed E-state index contributed by atoms with van der Waals surface area (Å²) in [6.07, 6.45) is 0.210. The van der Waals surface area contributed by atoms with Crippen molar-refractivity contribution in [2.45, 2.75) is 31.3 Å². The normalized spacial score (nSPS) is 14.6. The Morgan fingerprint density at radius 2 is 1.61 bits per heavy atom. The number of nitrogens with one attached hydrogen (secondary N) is 1. The molecule has 0 aliphatic heterocycles. The molecule has 5 rings (SSSR count). The number of carbonyl (C=O) groups excluding carboxylic acids is 1. The molecule has 0 bridgehead atoms. The van der Waals surface area contributed by atoms with Crippen LogP contribution in [0, 0.1) is 0 Å². The lowest BCUT2D eigenvalue weighted by molar-refractivity contribution is -0.140. The second kappa shape index (κ2) is 9.72. The number of aliphatic carboxylic acids is 1. The van der Waals surface area contributed by atoms with Gasteiger partial charge in [-0.1, -0.05) is 82.8 Å². The molecule has 1 fully saturated rings. The summed E-state index contributed by atoms with van der Waals surface area (Å²) in [5, 5.41) is 17.4. The SMILES string of the molecule is C[C@@H](OC(=O)Nc1snnc1-c1ccc(-c2ccc(C3(C(=O)O)CC3)cc2)cc1)c1ccccc1Cl. The van der Waals surface area contributed by atoms with E-state index in [0.717, 1.165) is 39.3 Å². The maximum Gasteiger partial charge on any atom is 0.412 e. The van der Waals surface area contributed by atoms with Crippen molar-refractivity contribution in [1.29, 1.82) is 0 Å². The van der Waals surface area contributed by atoms with Crippen molar-refractivity contribution in [2.24, 2.45) is 0 Å². The Bertz CT molecular complexity index is 1420. The minimum Gasteiger partial charge on any atom is -0.481 e. The fourth-order valence-corrected chi connectivity index (χ4v) is 5.03. The third kappa shape index (κ3) is 4.69. The van der Waals surface area contributed by atoms with Crippen molar-refractivity contribution in [3.8, 4) is 22.4 Å². The Balaban J connectivity index is 1.27. The smallest absolute Gasteiger partial charge is 0.412 e. The van der Waals surface area contributed by atoms with Gasteiger partial charge in [0.25, 0.3) is 0 Å². The van der Waals surface area contributed by atoms with E-state index < -0.39 is 23.6 Å². The van der Waals surface area contributed by atoms with Gasteiger partial charge < -0.3 is 9.84 Å². The monoisotopic (exact) mass is 519 g/mol. The zero-order valence-electron chi connectivity index (χ0n) is 19.3. The quantitative estimate of drug-likeness (QED) is 0.274. The third-order valence-corrected chi connectivity index (χ3v) is 7.40. The number of carbonyl (C=O) groups is 2. The zero-order valence-corrected chi connectivity index (χ0v) is 20.8. The molecule has 1 saturated carbocycles.